The second-order valence-electron chi connectivity index (χ2n) is 5.08. The zero-order valence-corrected chi connectivity index (χ0v) is 9.92. The summed E-state index contributed by atoms with van der Waals surface area (Å²) in [5, 5.41) is 0. The van der Waals surface area contributed by atoms with Gasteiger partial charge >= 0.3 is 0 Å². The third-order valence-electron chi connectivity index (χ3n) is 2.99. The maximum atomic E-state index is 4.22. The van der Waals surface area contributed by atoms with Crippen molar-refractivity contribution >= 4 is 6.34 Å². The predicted octanol–water partition coefficient (Wildman–Crippen LogP) is 2.94. The van der Waals surface area contributed by atoms with E-state index in [1.54, 1.807) is 0 Å². The van der Waals surface area contributed by atoms with Crippen molar-refractivity contribution in [3.63, 3.8) is 0 Å². The Bertz CT molecular complexity index is 185. The Hall–Kier alpha value is -0.530. The molecule has 2 heteroatoms. The molecular formula is C12H24N2. The van der Waals surface area contributed by atoms with Gasteiger partial charge in [0, 0.05) is 13.1 Å². The van der Waals surface area contributed by atoms with Crippen LogP contribution in [0.5, 0.6) is 0 Å². The molecule has 0 unspecified atom stereocenters. The monoisotopic (exact) mass is 196 g/mol. The number of hydrogen-bond acceptors (Lipinski definition) is 2. The van der Waals surface area contributed by atoms with Gasteiger partial charge in [-0.05, 0) is 24.7 Å². The van der Waals surface area contributed by atoms with Crippen LogP contribution in [0.15, 0.2) is 4.99 Å². The van der Waals surface area contributed by atoms with Crippen molar-refractivity contribution < 1.29 is 0 Å². The molecule has 0 saturated carbocycles. The highest BCUT2D eigenvalue weighted by Gasteiger charge is 2.16. The van der Waals surface area contributed by atoms with E-state index in [1.165, 1.54) is 32.2 Å². The maximum Gasteiger partial charge on any atom is 0.0851 e. The molecule has 0 aromatic rings. The first kappa shape index (κ1) is 11.5. The van der Waals surface area contributed by atoms with Gasteiger partial charge in [-0.15, -0.1) is 0 Å². The molecule has 1 heterocycles. The molecule has 1 rings (SSSR count). The summed E-state index contributed by atoms with van der Waals surface area (Å²) in [4.78, 5) is 6.55. The Kier molecular flexibility index (Phi) is 4.43. The van der Waals surface area contributed by atoms with Gasteiger partial charge in [-0.3, -0.25) is 4.99 Å². The minimum atomic E-state index is 0.533. The fourth-order valence-electron chi connectivity index (χ4n) is 2.15. The molecule has 14 heavy (non-hydrogen) atoms. The van der Waals surface area contributed by atoms with E-state index in [9.17, 15) is 0 Å². The lowest BCUT2D eigenvalue weighted by Crippen LogP contribution is -2.22. The van der Waals surface area contributed by atoms with E-state index in [2.05, 4.69) is 30.7 Å². The molecule has 0 atom stereocenters. The van der Waals surface area contributed by atoms with Crippen LogP contribution in [-0.2, 0) is 0 Å². The zero-order chi connectivity index (χ0) is 10.4. The molecule has 0 N–H and O–H groups in total. The lowest BCUT2D eigenvalue weighted by molar-refractivity contribution is 0.282. The summed E-state index contributed by atoms with van der Waals surface area (Å²) in [6.45, 7) is 10.4. The number of nitrogens with zero attached hydrogens (tertiary/aromatic N) is 2. The van der Waals surface area contributed by atoms with Crippen LogP contribution in [0, 0.1) is 5.41 Å². The van der Waals surface area contributed by atoms with Crippen LogP contribution in [0.3, 0.4) is 0 Å². The average molecular weight is 196 g/mol. The van der Waals surface area contributed by atoms with Gasteiger partial charge in [0.05, 0.1) is 12.9 Å². The van der Waals surface area contributed by atoms with E-state index in [0.29, 0.717) is 5.41 Å². The summed E-state index contributed by atoms with van der Waals surface area (Å²) in [7, 11) is 0. The molecule has 0 aliphatic carbocycles. The van der Waals surface area contributed by atoms with Crippen LogP contribution in [0.25, 0.3) is 0 Å². The molecule has 0 bridgehead atoms. The number of aliphatic imine (C=N–C) groups is 1. The minimum absolute atomic E-state index is 0.533. The standard InChI is InChI=1S/C12H24N2/c1-4-6-12(2,3)7-5-9-14-10-8-13-11-14/h11H,4-10H2,1-3H3. The minimum Gasteiger partial charge on any atom is -0.361 e. The Morgan fingerprint density at radius 1 is 1.36 bits per heavy atom. The van der Waals surface area contributed by atoms with Crippen LogP contribution in [0.1, 0.15) is 46.5 Å². The molecule has 0 aromatic carbocycles. The topological polar surface area (TPSA) is 15.6 Å². The molecular weight excluding hydrogens is 172 g/mol. The van der Waals surface area contributed by atoms with E-state index in [-0.39, 0.29) is 0 Å². The second-order valence-corrected chi connectivity index (χ2v) is 5.08. The summed E-state index contributed by atoms with van der Waals surface area (Å²) >= 11 is 0. The Labute approximate surface area is 88.4 Å². The molecule has 0 radical (unpaired) electrons. The van der Waals surface area contributed by atoms with Gasteiger partial charge in [0.2, 0.25) is 0 Å². The summed E-state index contributed by atoms with van der Waals surface area (Å²) < 4.78 is 0. The highest BCUT2D eigenvalue weighted by atomic mass is 15.2. The van der Waals surface area contributed by atoms with Gasteiger partial charge in [0.25, 0.3) is 0 Å². The quantitative estimate of drug-likeness (QED) is 0.637. The van der Waals surface area contributed by atoms with Crippen molar-refractivity contribution in [2.75, 3.05) is 19.6 Å². The fourth-order valence-corrected chi connectivity index (χ4v) is 2.15. The van der Waals surface area contributed by atoms with Crippen LogP contribution >= 0.6 is 0 Å². The fraction of sp³-hybridized carbons (Fsp3) is 0.917. The van der Waals surface area contributed by atoms with Gasteiger partial charge < -0.3 is 4.90 Å². The highest BCUT2D eigenvalue weighted by molar-refractivity contribution is 5.56. The largest absolute Gasteiger partial charge is 0.361 e. The second kappa shape index (κ2) is 5.38. The molecule has 0 saturated heterocycles. The van der Waals surface area contributed by atoms with Crippen molar-refractivity contribution in [2.24, 2.45) is 10.4 Å². The SMILES string of the molecule is CCCC(C)(C)CCCN1C=NCC1. The molecule has 0 amide bonds. The predicted molar refractivity (Wildman–Crippen MR) is 62.9 cm³/mol. The third kappa shape index (κ3) is 4.12. The van der Waals surface area contributed by atoms with Crippen molar-refractivity contribution in [2.45, 2.75) is 46.5 Å². The molecule has 1 aliphatic heterocycles. The molecule has 82 valence electrons. The molecule has 0 spiro atoms. The number of hydrogen-bond donors (Lipinski definition) is 0. The van der Waals surface area contributed by atoms with E-state index in [1.807, 2.05) is 6.34 Å². The summed E-state index contributed by atoms with van der Waals surface area (Å²) in [6, 6.07) is 0. The van der Waals surface area contributed by atoms with Crippen molar-refractivity contribution in [1.29, 1.82) is 0 Å². The van der Waals surface area contributed by atoms with Crippen molar-refractivity contribution in [3.05, 3.63) is 0 Å². The van der Waals surface area contributed by atoms with Crippen LogP contribution < -0.4 is 0 Å². The van der Waals surface area contributed by atoms with E-state index >= 15 is 0 Å². The van der Waals surface area contributed by atoms with Gasteiger partial charge in [-0.25, -0.2) is 0 Å². The Morgan fingerprint density at radius 3 is 2.71 bits per heavy atom. The first-order valence-electron chi connectivity index (χ1n) is 5.88. The normalized spacial score (nSPS) is 16.6. The molecule has 0 aromatic heterocycles. The van der Waals surface area contributed by atoms with E-state index in [0.717, 1.165) is 13.1 Å². The number of rotatable bonds is 6. The first-order valence-corrected chi connectivity index (χ1v) is 5.88. The third-order valence-corrected chi connectivity index (χ3v) is 2.99. The van der Waals surface area contributed by atoms with E-state index < -0.39 is 0 Å². The summed E-state index contributed by atoms with van der Waals surface area (Å²) in [5.41, 5.74) is 0.533. The van der Waals surface area contributed by atoms with E-state index in [4.69, 9.17) is 0 Å². The Balaban J connectivity index is 2.10. The zero-order valence-electron chi connectivity index (χ0n) is 9.92. The average Bonchev–Trinajstić information content (AvgIpc) is 2.56. The molecule has 2 nitrogen and oxygen atoms in total. The lowest BCUT2D eigenvalue weighted by Gasteiger charge is -2.25. The smallest absolute Gasteiger partial charge is 0.0851 e. The maximum absolute atomic E-state index is 4.22. The summed E-state index contributed by atoms with van der Waals surface area (Å²) in [6.07, 6.45) is 7.30. The van der Waals surface area contributed by atoms with Crippen LogP contribution in [-0.4, -0.2) is 30.9 Å². The Morgan fingerprint density at radius 2 is 2.14 bits per heavy atom. The molecule has 0 fully saturated rings. The first-order chi connectivity index (χ1) is 6.64. The van der Waals surface area contributed by atoms with Gasteiger partial charge in [-0.2, -0.15) is 0 Å². The van der Waals surface area contributed by atoms with Gasteiger partial charge in [-0.1, -0.05) is 27.2 Å². The van der Waals surface area contributed by atoms with Crippen molar-refractivity contribution in [3.8, 4) is 0 Å². The highest BCUT2D eigenvalue weighted by Crippen LogP contribution is 2.27. The van der Waals surface area contributed by atoms with Crippen LogP contribution in [0.4, 0.5) is 0 Å². The summed E-state index contributed by atoms with van der Waals surface area (Å²) in [5.74, 6) is 0. The van der Waals surface area contributed by atoms with Gasteiger partial charge in [0.15, 0.2) is 0 Å². The van der Waals surface area contributed by atoms with Crippen molar-refractivity contribution in [1.82, 2.24) is 4.90 Å². The lowest BCUT2D eigenvalue weighted by atomic mass is 9.83. The molecule has 1 aliphatic rings. The van der Waals surface area contributed by atoms with Gasteiger partial charge in [0.1, 0.15) is 0 Å². The van der Waals surface area contributed by atoms with Crippen LogP contribution in [0.2, 0.25) is 0 Å².